The molecule has 1 heterocycles. The van der Waals surface area contributed by atoms with E-state index in [0.29, 0.717) is 17.8 Å². The van der Waals surface area contributed by atoms with Gasteiger partial charge in [-0.15, -0.1) is 0 Å². The van der Waals surface area contributed by atoms with Crippen LogP contribution >= 0.6 is 0 Å². The molecule has 30 heavy (non-hydrogen) atoms. The fourth-order valence-electron chi connectivity index (χ4n) is 5.10. The molecule has 2 aliphatic rings. The molecule has 4 atom stereocenters. The zero-order valence-corrected chi connectivity index (χ0v) is 17.0. The van der Waals surface area contributed by atoms with E-state index in [2.05, 4.69) is 4.90 Å². The Balaban J connectivity index is 1.33. The standard InChI is InChI=1S/C24H29F2NO3/c25-20-5-8-24(23(26)12-20)30-22-10-18-14-27(15-19(18)11-22)13-17(2-1-9-28)16-3-6-21(29)7-4-16/h3-8,12,17-19,22,28-29H,1-2,9-11,13-15H2/t17?,18-,19+,22+. The average Bonchev–Trinajstić information content (AvgIpc) is 3.26. The van der Waals surface area contributed by atoms with Crippen molar-refractivity contribution in [1.29, 1.82) is 0 Å². The Bertz CT molecular complexity index is 831. The van der Waals surface area contributed by atoms with Crippen LogP contribution in [0.15, 0.2) is 42.5 Å². The highest BCUT2D eigenvalue weighted by molar-refractivity contribution is 5.29. The minimum Gasteiger partial charge on any atom is -0.508 e. The average molecular weight is 417 g/mol. The summed E-state index contributed by atoms with van der Waals surface area (Å²) in [7, 11) is 0. The van der Waals surface area contributed by atoms with Gasteiger partial charge in [-0.2, -0.15) is 0 Å². The number of hydrogen-bond acceptors (Lipinski definition) is 4. The van der Waals surface area contributed by atoms with E-state index in [1.807, 2.05) is 12.1 Å². The molecule has 1 aliphatic heterocycles. The number of rotatable bonds is 8. The van der Waals surface area contributed by atoms with Crippen LogP contribution < -0.4 is 4.74 Å². The van der Waals surface area contributed by atoms with Crippen molar-refractivity contribution in [2.75, 3.05) is 26.2 Å². The Morgan fingerprint density at radius 3 is 2.37 bits per heavy atom. The third kappa shape index (κ3) is 4.93. The van der Waals surface area contributed by atoms with Gasteiger partial charge in [-0.25, -0.2) is 8.78 Å². The molecule has 1 aliphatic carbocycles. The normalized spacial score (nSPS) is 24.7. The lowest BCUT2D eigenvalue weighted by Crippen LogP contribution is -2.29. The van der Waals surface area contributed by atoms with Crippen molar-refractivity contribution >= 4 is 0 Å². The van der Waals surface area contributed by atoms with Gasteiger partial charge in [0.05, 0.1) is 6.10 Å². The van der Waals surface area contributed by atoms with E-state index >= 15 is 0 Å². The van der Waals surface area contributed by atoms with Crippen LogP contribution in [0, 0.1) is 23.5 Å². The fraction of sp³-hybridized carbons (Fsp3) is 0.500. The Kier molecular flexibility index (Phi) is 6.54. The van der Waals surface area contributed by atoms with E-state index in [-0.39, 0.29) is 24.2 Å². The number of aliphatic hydroxyl groups excluding tert-OH is 1. The fourth-order valence-corrected chi connectivity index (χ4v) is 5.10. The number of likely N-dealkylation sites (tertiary alicyclic amines) is 1. The van der Waals surface area contributed by atoms with Gasteiger partial charge in [-0.05, 0) is 73.3 Å². The maximum atomic E-state index is 13.9. The maximum Gasteiger partial charge on any atom is 0.167 e. The number of nitrogens with zero attached hydrogens (tertiary/aromatic N) is 1. The molecule has 162 valence electrons. The van der Waals surface area contributed by atoms with Crippen molar-refractivity contribution in [3.63, 3.8) is 0 Å². The smallest absolute Gasteiger partial charge is 0.167 e. The van der Waals surface area contributed by atoms with Crippen molar-refractivity contribution in [3.05, 3.63) is 59.7 Å². The molecule has 2 fully saturated rings. The number of fused-ring (bicyclic) bond motifs is 1. The Morgan fingerprint density at radius 2 is 1.73 bits per heavy atom. The number of phenolic OH excluding ortho intramolecular Hbond substituents is 1. The van der Waals surface area contributed by atoms with Crippen molar-refractivity contribution in [2.45, 2.75) is 37.7 Å². The number of aromatic hydroxyl groups is 1. The predicted molar refractivity (Wildman–Crippen MR) is 111 cm³/mol. The molecule has 0 aromatic heterocycles. The molecule has 4 nitrogen and oxygen atoms in total. The van der Waals surface area contributed by atoms with Gasteiger partial charge in [0.2, 0.25) is 0 Å². The molecule has 2 aromatic carbocycles. The van der Waals surface area contributed by atoms with Crippen molar-refractivity contribution < 1.29 is 23.7 Å². The number of halogens is 2. The molecule has 1 saturated carbocycles. The monoisotopic (exact) mass is 417 g/mol. The van der Waals surface area contributed by atoms with E-state index < -0.39 is 11.6 Å². The molecular weight excluding hydrogens is 388 g/mol. The van der Waals surface area contributed by atoms with Gasteiger partial charge in [0.15, 0.2) is 11.6 Å². The molecule has 0 bridgehead atoms. The van der Waals surface area contributed by atoms with E-state index in [0.717, 1.165) is 51.4 Å². The molecule has 0 amide bonds. The Labute approximate surface area is 176 Å². The Morgan fingerprint density at radius 1 is 1.03 bits per heavy atom. The summed E-state index contributed by atoms with van der Waals surface area (Å²) in [5, 5.41) is 18.8. The van der Waals surface area contributed by atoms with E-state index in [1.165, 1.54) is 17.7 Å². The minimum absolute atomic E-state index is 0.0237. The van der Waals surface area contributed by atoms with Gasteiger partial charge in [0.25, 0.3) is 0 Å². The number of hydrogen-bond donors (Lipinski definition) is 2. The highest BCUT2D eigenvalue weighted by atomic mass is 19.1. The quantitative estimate of drug-likeness (QED) is 0.672. The first kappa shape index (κ1) is 21.1. The second-order valence-electron chi connectivity index (χ2n) is 8.68. The first-order chi connectivity index (χ1) is 14.5. The third-order valence-corrected chi connectivity index (χ3v) is 6.52. The van der Waals surface area contributed by atoms with Gasteiger partial charge < -0.3 is 19.8 Å². The highest BCUT2D eigenvalue weighted by Gasteiger charge is 2.42. The summed E-state index contributed by atoms with van der Waals surface area (Å²) in [6, 6.07) is 10.8. The lowest BCUT2D eigenvalue weighted by atomic mass is 9.93. The van der Waals surface area contributed by atoms with Crippen LogP contribution in [0.3, 0.4) is 0 Å². The van der Waals surface area contributed by atoms with Crippen LogP contribution in [0.2, 0.25) is 0 Å². The van der Waals surface area contributed by atoms with E-state index in [1.54, 1.807) is 12.1 Å². The summed E-state index contributed by atoms with van der Waals surface area (Å²) in [5.74, 6) is 0.525. The number of aliphatic hydroxyl groups is 1. The molecule has 0 spiro atoms. The van der Waals surface area contributed by atoms with Crippen molar-refractivity contribution in [3.8, 4) is 11.5 Å². The predicted octanol–water partition coefficient (Wildman–Crippen LogP) is 4.32. The molecule has 4 rings (SSSR count). The molecule has 0 radical (unpaired) electrons. The number of ether oxygens (including phenoxy) is 1. The first-order valence-corrected chi connectivity index (χ1v) is 10.8. The van der Waals surface area contributed by atoms with Crippen LogP contribution in [0.4, 0.5) is 8.78 Å². The van der Waals surface area contributed by atoms with Crippen LogP contribution in [0.1, 0.15) is 37.2 Å². The minimum atomic E-state index is -0.644. The lowest BCUT2D eigenvalue weighted by Gasteiger charge is -2.25. The summed E-state index contributed by atoms with van der Waals surface area (Å²) in [5.41, 5.74) is 1.19. The molecule has 1 saturated heterocycles. The van der Waals surface area contributed by atoms with E-state index in [9.17, 15) is 19.0 Å². The highest BCUT2D eigenvalue weighted by Crippen LogP contribution is 2.41. The summed E-state index contributed by atoms with van der Waals surface area (Å²) in [4.78, 5) is 2.49. The third-order valence-electron chi connectivity index (χ3n) is 6.52. The molecule has 1 unspecified atom stereocenters. The summed E-state index contributed by atoms with van der Waals surface area (Å²) in [6.07, 6.45) is 3.41. The van der Waals surface area contributed by atoms with Gasteiger partial charge in [0, 0.05) is 32.3 Å². The lowest BCUT2D eigenvalue weighted by molar-refractivity contribution is 0.175. The van der Waals surface area contributed by atoms with Gasteiger partial charge >= 0.3 is 0 Å². The largest absolute Gasteiger partial charge is 0.508 e. The Hall–Kier alpha value is -2.18. The van der Waals surface area contributed by atoms with Crippen molar-refractivity contribution in [1.82, 2.24) is 4.90 Å². The maximum absolute atomic E-state index is 13.9. The zero-order valence-electron chi connectivity index (χ0n) is 17.0. The molecular formula is C24H29F2NO3. The topological polar surface area (TPSA) is 52.9 Å². The SMILES string of the molecule is OCCCC(CN1C[C@H]2C[C@H](Oc3ccc(F)cc3F)C[C@H]2C1)c1ccc(O)cc1. The summed E-state index contributed by atoms with van der Waals surface area (Å²) < 4.78 is 32.8. The first-order valence-electron chi connectivity index (χ1n) is 10.8. The van der Waals surface area contributed by atoms with Crippen molar-refractivity contribution in [2.24, 2.45) is 11.8 Å². The molecule has 2 aromatic rings. The summed E-state index contributed by atoms with van der Waals surface area (Å²) in [6.45, 7) is 3.09. The number of phenols is 1. The summed E-state index contributed by atoms with van der Waals surface area (Å²) >= 11 is 0. The van der Waals surface area contributed by atoms with Crippen LogP contribution in [0.5, 0.6) is 11.5 Å². The van der Waals surface area contributed by atoms with Gasteiger partial charge in [0.1, 0.15) is 11.6 Å². The molecule has 2 N–H and O–H groups in total. The second-order valence-corrected chi connectivity index (χ2v) is 8.68. The second kappa shape index (κ2) is 9.31. The number of benzene rings is 2. The molecule has 6 heteroatoms. The van der Waals surface area contributed by atoms with Gasteiger partial charge in [-0.1, -0.05) is 12.1 Å². The van der Waals surface area contributed by atoms with Crippen LogP contribution in [-0.2, 0) is 0 Å². The van der Waals surface area contributed by atoms with Crippen LogP contribution in [0.25, 0.3) is 0 Å². The zero-order chi connectivity index (χ0) is 21.1. The van der Waals surface area contributed by atoms with Gasteiger partial charge in [-0.3, -0.25) is 0 Å². The van der Waals surface area contributed by atoms with E-state index in [4.69, 9.17) is 4.74 Å². The van der Waals surface area contributed by atoms with Crippen LogP contribution in [-0.4, -0.2) is 47.5 Å².